The molecule has 0 spiro atoms. The smallest absolute Gasteiger partial charge is 0.143 e. The highest BCUT2D eigenvalue weighted by Crippen LogP contribution is 2.38. The van der Waals surface area contributed by atoms with Crippen LogP contribution in [0.15, 0.2) is 197 Å². The van der Waals surface area contributed by atoms with Crippen LogP contribution in [0.25, 0.3) is 77.0 Å². The summed E-state index contributed by atoms with van der Waals surface area (Å²) in [7, 11) is 0. The molecule has 0 aliphatic carbocycles. The Hall–Kier alpha value is -6.77. The molecule has 0 saturated heterocycles. The number of benzene rings is 8. The first-order chi connectivity index (χ1) is 26.3. The zero-order chi connectivity index (χ0) is 35.1. The number of rotatable bonds is 5. The average Bonchev–Trinajstić information content (AvgIpc) is 3.60. The topological polar surface area (TPSA) is 25.5 Å². The molecule has 53 heavy (non-hydrogen) atoms. The van der Waals surface area contributed by atoms with Crippen molar-refractivity contribution in [3.8, 4) is 22.3 Å². The van der Waals surface area contributed by atoms with Crippen LogP contribution in [0, 0.1) is 0 Å². The van der Waals surface area contributed by atoms with Crippen molar-refractivity contribution in [1.82, 2.24) is 0 Å². The van der Waals surface area contributed by atoms with Crippen molar-refractivity contribution in [1.29, 1.82) is 0 Å². The molecular formula is C51H35NO. The molecule has 1 aromatic heterocycles. The summed E-state index contributed by atoms with van der Waals surface area (Å²) in [5.41, 5.74) is 13.1. The van der Waals surface area contributed by atoms with Gasteiger partial charge in [0.15, 0.2) is 0 Å². The average molecular weight is 678 g/mol. The molecule has 8 aromatic carbocycles. The highest BCUT2D eigenvalue weighted by atomic mass is 16.3. The predicted octanol–water partition coefficient (Wildman–Crippen LogP) is 13.9. The molecule has 9 aromatic rings. The molecule has 2 nitrogen and oxygen atoms in total. The van der Waals surface area contributed by atoms with Gasteiger partial charge in [0.05, 0.1) is 5.70 Å². The predicted molar refractivity (Wildman–Crippen MR) is 224 cm³/mol. The van der Waals surface area contributed by atoms with E-state index in [4.69, 9.17) is 9.41 Å². The Morgan fingerprint density at radius 1 is 0.434 bits per heavy atom. The summed E-state index contributed by atoms with van der Waals surface area (Å²) in [5, 5.41) is 7.32. The van der Waals surface area contributed by atoms with Crippen molar-refractivity contribution in [2.24, 2.45) is 4.99 Å². The van der Waals surface area contributed by atoms with Gasteiger partial charge >= 0.3 is 0 Å². The van der Waals surface area contributed by atoms with Gasteiger partial charge in [-0.15, -0.1) is 0 Å². The lowest BCUT2D eigenvalue weighted by Gasteiger charge is -2.15. The molecule has 0 amide bonds. The zero-order valence-electron chi connectivity index (χ0n) is 29.2. The minimum atomic E-state index is 0.822. The Labute approximate surface area is 308 Å². The highest BCUT2D eigenvalue weighted by molar-refractivity contribution is 6.14. The summed E-state index contributed by atoms with van der Waals surface area (Å²) in [6, 6.07) is 62.8. The number of furan rings is 1. The molecule has 2 heterocycles. The summed E-state index contributed by atoms with van der Waals surface area (Å²) in [6.07, 6.45) is 6.29. The quantitative estimate of drug-likeness (QED) is 0.166. The van der Waals surface area contributed by atoms with E-state index in [0.29, 0.717) is 0 Å². The van der Waals surface area contributed by atoms with Gasteiger partial charge in [-0.2, -0.15) is 0 Å². The van der Waals surface area contributed by atoms with Crippen LogP contribution in [-0.2, 0) is 0 Å². The van der Waals surface area contributed by atoms with Crippen molar-refractivity contribution >= 4 is 60.5 Å². The molecule has 2 heteroatoms. The third-order valence-corrected chi connectivity index (χ3v) is 10.6. The van der Waals surface area contributed by atoms with Crippen LogP contribution >= 0.6 is 0 Å². The van der Waals surface area contributed by atoms with E-state index in [0.717, 1.165) is 68.5 Å². The maximum Gasteiger partial charge on any atom is 0.143 e. The van der Waals surface area contributed by atoms with E-state index in [-0.39, 0.29) is 0 Å². The molecule has 0 N–H and O–H groups in total. The lowest BCUT2D eigenvalue weighted by molar-refractivity contribution is 0.668. The highest BCUT2D eigenvalue weighted by Gasteiger charge is 2.17. The Balaban J connectivity index is 1.10. The third kappa shape index (κ3) is 5.66. The van der Waals surface area contributed by atoms with Gasteiger partial charge in [0.25, 0.3) is 0 Å². The van der Waals surface area contributed by atoms with Crippen molar-refractivity contribution in [2.45, 2.75) is 12.8 Å². The van der Waals surface area contributed by atoms with E-state index in [9.17, 15) is 0 Å². The monoisotopic (exact) mass is 677 g/mol. The van der Waals surface area contributed by atoms with Gasteiger partial charge in [-0.3, -0.25) is 4.99 Å². The lowest BCUT2D eigenvalue weighted by Crippen LogP contribution is -2.03. The van der Waals surface area contributed by atoms with Crippen LogP contribution in [0.1, 0.15) is 29.5 Å². The van der Waals surface area contributed by atoms with Crippen molar-refractivity contribution in [2.75, 3.05) is 0 Å². The molecule has 1 aliphatic rings. The minimum absolute atomic E-state index is 0.822. The minimum Gasteiger partial charge on any atom is -0.455 e. The maximum absolute atomic E-state index is 6.51. The number of hydrogen-bond donors (Lipinski definition) is 0. The van der Waals surface area contributed by atoms with E-state index in [1.54, 1.807) is 0 Å². The van der Waals surface area contributed by atoms with Gasteiger partial charge in [0.1, 0.15) is 11.2 Å². The number of para-hydroxylation sites is 2. The van der Waals surface area contributed by atoms with Crippen LogP contribution in [-0.4, -0.2) is 5.71 Å². The molecule has 10 rings (SSSR count). The Kier molecular flexibility index (Phi) is 7.66. The van der Waals surface area contributed by atoms with Crippen molar-refractivity contribution in [3.63, 3.8) is 0 Å². The Bertz CT molecular complexity index is 2910. The van der Waals surface area contributed by atoms with E-state index in [2.05, 4.69) is 176 Å². The van der Waals surface area contributed by atoms with Gasteiger partial charge in [0, 0.05) is 27.6 Å². The van der Waals surface area contributed by atoms with Gasteiger partial charge in [-0.25, -0.2) is 0 Å². The second kappa shape index (κ2) is 13.1. The largest absolute Gasteiger partial charge is 0.455 e. The molecule has 0 atom stereocenters. The molecular weight excluding hydrogens is 643 g/mol. The van der Waals surface area contributed by atoms with Crippen LogP contribution < -0.4 is 0 Å². The molecule has 0 bridgehead atoms. The van der Waals surface area contributed by atoms with Crippen molar-refractivity contribution < 1.29 is 4.42 Å². The Morgan fingerprint density at radius 3 is 1.89 bits per heavy atom. The number of fused-ring (bicyclic) bond motifs is 6. The van der Waals surface area contributed by atoms with Crippen LogP contribution in [0.2, 0.25) is 0 Å². The van der Waals surface area contributed by atoms with Gasteiger partial charge in [-0.1, -0.05) is 170 Å². The van der Waals surface area contributed by atoms with Gasteiger partial charge in [0.2, 0.25) is 0 Å². The fourth-order valence-electron chi connectivity index (χ4n) is 7.92. The molecule has 0 fully saturated rings. The standard InChI is InChI=1S/C51H35NO/c1-2-12-34(13-3-1)35-24-28-37(29-25-35)48-22-10-15-40(42-20-11-21-46-45-19-8-9-23-50(45)53-51(42)46)33-49(52-48)38-30-26-36(27-31-38)47-32-39-14-4-5-16-41(39)43-17-6-7-18-44(43)47/h1-9,11-21,23-33H,10,22H2/b40-15+,49-33-,52-48+. The second-order valence-electron chi connectivity index (χ2n) is 13.8. The van der Waals surface area contributed by atoms with E-state index >= 15 is 0 Å². The number of aliphatic imine (C=N–C) groups is 1. The molecule has 0 saturated carbocycles. The third-order valence-electron chi connectivity index (χ3n) is 10.6. The Morgan fingerprint density at radius 2 is 1.06 bits per heavy atom. The first kappa shape index (κ1) is 31.0. The fraction of sp³-hybridized carbons (Fsp3) is 0.0392. The van der Waals surface area contributed by atoms with Gasteiger partial charge < -0.3 is 4.42 Å². The SMILES string of the molecule is C1=C(c2ccc(-c3cc4ccccc4c4ccccc34)cc2)\N=C(\c2ccc(-c3ccccc3)cc2)CC\C=C/1c1cccc2c1oc1ccccc12. The molecule has 0 radical (unpaired) electrons. The molecule has 250 valence electrons. The lowest BCUT2D eigenvalue weighted by atomic mass is 9.92. The first-order valence-electron chi connectivity index (χ1n) is 18.3. The maximum atomic E-state index is 6.51. The molecule has 1 aliphatic heterocycles. The van der Waals surface area contributed by atoms with Crippen LogP contribution in [0.4, 0.5) is 0 Å². The first-order valence-corrected chi connectivity index (χ1v) is 18.3. The van der Waals surface area contributed by atoms with Crippen LogP contribution in [0.3, 0.4) is 0 Å². The normalized spacial score (nSPS) is 16.4. The molecule has 0 unspecified atom stereocenters. The van der Waals surface area contributed by atoms with E-state index < -0.39 is 0 Å². The summed E-state index contributed by atoms with van der Waals surface area (Å²) in [4.78, 5) is 5.48. The van der Waals surface area contributed by atoms with E-state index in [1.165, 1.54) is 43.8 Å². The summed E-state index contributed by atoms with van der Waals surface area (Å²) >= 11 is 0. The van der Waals surface area contributed by atoms with Crippen molar-refractivity contribution in [3.05, 3.63) is 205 Å². The fourth-order valence-corrected chi connectivity index (χ4v) is 7.92. The van der Waals surface area contributed by atoms with E-state index in [1.807, 2.05) is 12.1 Å². The second-order valence-corrected chi connectivity index (χ2v) is 13.8. The van der Waals surface area contributed by atoms with Gasteiger partial charge in [-0.05, 0) is 86.0 Å². The number of nitrogens with zero attached hydrogens (tertiary/aromatic N) is 1. The van der Waals surface area contributed by atoms with Crippen LogP contribution in [0.5, 0.6) is 0 Å². The zero-order valence-corrected chi connectivity index (χ0v) is 29.2. The summed E-state index contributed by atoms with van der Waals surface area (Å²) in [6.45, 7) is 0. The number of hydrogen-bond acceptors (Lipinski definition) is 2. The summed E-state index contributed by atoms with van der Waals surface area (Å²) in [5.74, 6) is 0. The summed E-state index contributed by atoms with van der Waals surface area (Å²) < 4.78 is 6.51. The number of allylic oxidation sites excluding steroid dienone is 3.